The number of thiophene rings is 1. The molecule has 3 aromatic heterocycles. The Balaban J connectivity index is 1.51. The minimum Gasteiger partial charge on any atom is -0.497 e. The summed E-state index contributed by atoms with van der Waals surface area (Å²) < 4.78 is 7.45. The van der Waals surface area contributed by atoms with E-state index in [1.807, 2.05) is 24.3 Å². The maximum atomic E-state index is 13.1. The van der Waals surface area contributed by atoms with Crippen LogP contribution in [-0.4, -0.2) is 37.2 Å². The number of aromatic amines is 1. The number of benzene rings is 1. The Morgan fingerprint density at radius 3 is 2.80 bits per heavy atom. The second-order valence-corrected chi connectivity index (χ2v) is 10.3. The molecule has 0 spiro atoms. The molecular weight excluding hydrogens is 460 g/mol. The molecule has 1 N–H and O–H groups in total. The fourth-order valence-corrected chi connectivity index (χ4v) is 5.91. The van der Waals surface area contributed by atoms with Gasteiger partial charge in [-0.15, -0.1) is 16.4 Å². The Morgan fingerprint density at radius 1 is 1.20 bits per heavy atom. The molecule has 35 heavy (non-hydrogen) atoms. The summed E-state index contributed by atoms with van der Waals surface area (Å²) in [6.07, 6.45) is 6.80. The number of hydrogen-bond acceptors (Lipinski definition) is 7. The molecule has 1 aromatic carbocycles. The van der Waals surface area contributed by atoms with Gasteiger partial charge in [0.2, 0.25) is 0 Å². The zero-order valence-electron chi connectivity index (χ0n) is 20.3. The van der Waals surface area contributed by atoms with E-state index in [0.717, 1.165) is 53.8 Å². The van der Waals surface area contributed by atoms with Gasteiger partial charge in [0, 0.05) is 34.4 Å². The molecular formula is C26H32N6O2S. The van der Waals surface area contributed by atoms with E-state index in [0.29, 0.717) is 12.6 Å². The van der Waals surface area contributed by atoms with Gasteiger partial charge in [0.15, 0.2) is 5.82 Å². The van der Waals surface area contributed by atoms with Gasteiger partial charge >= 0.3 is 0 Å². The Bertz CT molecular complexity index is 1310. The van der Waals surface area contributed by atoms with E-state index >= 15 is 0 Å². The van der Waals surface area contributed by atoms with Crippen molar-refractivity contribution in [1.82, 2.24) is 30.1 Å². The summed E-state index contributed by atoms with van der Waals surface area (Å²) in [5.41, 5.74) is 1.45. The number of H-pyrrole nitrogens is 1. The van der Waals surface area contributed by atoms with Crippen molar-refractivity contribution < 1.29 is 4.74 Å². The lowest BCUT2D eigenvalue weighted by Crippen LogP contribution is -2.33. The Morgan fingerprint density at radius 2 is 2.06 bits per heavy atom. The molecule has 0 saturated heterocycles. The molecule has 0 radical (unpaired) electrons. The van der Waals surface area contributed by atoms with E-state index in [-0.39, 0.29) is 11.6 Å². The maximum Gasteiger partial charge on any atom is 0.252 e. The smallest absolute Gasteiger partial charge is 0.252 e. The molecule has 8 nitrogen and oxygen atoms in total. The molecule has 0 bridgehead atoms. The zero-order chi connectivity index (χ0) is 24.2. The van der Waals surface area contributed by atoms with Crippen LogP contribution in [0.25, 0.3) is 10.9 Å². The van der Waals surface area contributed by atoms with Crippen LogP contribution in [0, 0.1) is 0 Å². The van der Waals surface area contributed by atoms with Gasteiger partial charge in [-0.3, -0.25) is 9.69 Å². The first kappa shape index (κ1) is 23.7. The molecule has 1 atom stereocenters. The van der Waals surface area contributed by atoms with Gasteiger partial charge in [-0.1, -0.05) is 32.3 Å². The first-order valence-electron chi connectivity index (χ1n) is 12.4. The van der Waals surface area contributed by atoms with Gasteiger partial charge < -0.3 is 9.72 Å². The molecule has 1 aliphatic carbocycles. The van der Waals surface area contributed by atoms with Gasteiger partial charge in [0.1, 0.15) is 5.75 Å². The third-order valence-electron chi connectivity index (χ3n) is 7.01. The number of nitrogens with one attached hydrogen (secondary N) is 1. The molecule has 1 aliphatic rings. The molecule has 9 heteroatoms. The summed E-state index contributed by atoms with van der Waals surface area (Å²) in [5.74, 6) is 1.67. The molecule has 3 heterocycles. The Kier molecular flexibility index (Phi) is 7.24. The highest BCUT2D eigenvalue weighted by atomic mass is 32.1. The normalized spacial score (nSPS) is 15.6. The Hall–Kier alpha value is -3.04. The van der Waals surface area contributed by atoms with E-state index < -0.39 is 0 Å². The lowest BCUT2D eigenvalue weighted by molar-refractivity contribution is 0.157. The van der Waals surface area contributed by atoms with Crippen molar-refractivity contribution in [2.75, 3.05) is 7.11 Å². The fourth-order valence-electron chi connectivity index (χ4n) is 5.18. The number of tetrazole rings is 1. The third kappa shape index (κ3) is 5.16. The summed E-state index contributed by atoms with van der Waals surface area (Å²) >= 11 is 1.73. The largest absolute Gasteiger partial charge is 0.497 e. The van der Waals surface area contributed by atoms with Crippen LogP contribution in [0.2, 0.25) is 0 Å². The molecule has 0 aliphatic heterocycles. The highest BCUT2D eigenvalue weighted by Crippen LogP contribution is 2.33. The lowest BCUT2D eigenvalue weighted by atomic mass is 9.95. The number of nitrogens with zero attached hydrogens (tertiary/aromatic N) is 5. The van der Waals surface area contributed by atoms with E-state index in [2.05, 4.69) is 54.5 Å². The first-order valence-corrected chi connectivity index (χ1v) is 13.3. The number of fused-ring (bicyclic) bond motifs is 1. The van der Waals surface area contributed by atoms with E-state index in [9.17, 15) is 4.79 Å². The number of pyridine rings is 1. The molecule has 0 amide bonds. The van der Waals surface area contributed by atoms with Crippen LogP contribution in [0.4, 0.5) is 0 Å². The minimum atomic E-state index is -0.0689. The molecule has 5 rings (SSSR count). The second kappa shape index (κ2) is 10.7. The quantitative estimate of drug-likeness (QED) is 0.344. The van der Waals surface area contributed by atoms with Gasteiger partial charge in [-0.05, 0) is 65.4 Å². The average Bonchev–Trinajstić information content (AvgIpc) is 3.58. The predicted octanol–water partition coefficient (Wildman–Crippen LogP) is 5.24. The summed E-state index contributed by atoms with van der Waals surface area (Å²) in [6.45, 7) is 3.39. The third-order valence-corrected chi connectivity index (χ3v) is 7.87. The van der Waals surface area contributed by atoms with Crippen LogP contribution >= 0.6 is 11.3 Å². The summed E-state index contributed by atoms with van der Waals surface area (Å²) in [7, 11) is 1.65. The monoisotopic (exact) mass is 492 g/mol. The average molecular weight is 493 g/mol. The molecule has 4 aromatic rings. The predicted molar refractivity (Wildman–Crippen MR) is 138 cm³/mol. The minimum absolute atomic E-state index is 0.00515. The number of aromatic nitrogens is 5. The summed E-state index contributed by atoms with van der Waals surface area (Å²) in [4.78, 5) is 19.7. The van der Waals surface area contributed by atoms with Crippen LogP contribution < -0.4 is 10.3 Å². The van der Waals surface area contributed by atoms with Crippen molar-refractivity contribution in [3.8, 4) is 5.75 Å². The van der Waals surface area contributed by atoms with Crippen molar-refractivity contribution in [3.05, 3.63) is 68.4 Å². The van der Waals surface area contributed by atoms with E-state index in [1.54, 1.807) is 18.4 Å². The van der Waals surface area contributed by atoms with Crippen LogP contribution in [0.1, 0.15) is 73.8 Å². The number of ether oxygens (including phenoxy) is 1. The highest BCUT2D eigenvalue weighted by Gasteiger charge is 2.29. The SMILES string of the molecule is CCC(c1nnnn1C1CCCCC1)N(Cc1cccs1)Cc1cc2cc(OC)ccc2[nH]c1=O. The summed E-state index contributed by atoms with van der Waals surface area (Å²) in [6, 6.07) is 12.2. The number of rotatable bonds is 9. The molecule has 1 saturated carbocycles. The first-order chi connectivity index (χ1) is 17.2. The number of methoxy groups -OCH3 is 1. The number of hydrogen-bond donors (Lipinski definition) is 1. The van der Waals surface area contributed by atoms with E-state index in [1.165, 1.54) is 24.1 Å². The standard InChI is InChI=1S/C26H32N6O2S/c1-3-24(25-28-29-30-32(25)20-8-5-4-6-9-20)31(17-22-10-7-13-35-22)16-19-14-18-15-21(34-2)11-12-23(18)27-26(19)33/h7,10-15,20,24H,3-6,8-9,16-17H2,1-2H3,(H,27,33). The van der Waals surface area contributed by atoms with E-state index in [4.69, 9.17) is 4.74 Å². The van der Waals surface area contributed by atoms with Crippen molar-refractivity contribution in [2.45, 2.75) is 70.6 Å². The fraction of sp³-hybridized carbons (Fsp3) is 0.462. The van der Waals surface area contributed by atoms with Crippen LogP contribution in [0.15, 0.2) is 46.6 Å². The lowest BCUT2D eigenvalue weighted by Gasteiger charge is -2.31. The van der Waals surface area contributed by atoms with Crippen molar-refractivity contribution >= 4 is 22.2 Å². The summed E-state index contributed by atoms with van der Waals surface area (Å²) in [5, 5.41) is 16.1. The van der Waals surface area contributed by atoms with Crippen molar-refractivity contribution in [2.24, 2.45) is 0 Å². The molecule has 1 fully saturated rings. The topological polar surface area (TPSA) is 88.9 Å². The highest BCUT2D eigenvalue weighted by molar-refractivity contribution is 7.09. The zero-order valence-corrected chi connectivity index (χ0v) is 21.1. The van der Waals surface area contributed by atoms with Gasteiger partial charge in [-0.25, -0.2) is 4.68 Å². The van der Waals surface area contributed by atoms with Gasteiger partial charge in [0.05, 0.1) is 19.2 Å². The van der Waals surface area contributed by atoms with Crippen molar-refractivity contribution in [3.63, 3.8) is 0 Å². The van der Waals surface area contributed by atoms with Gasteiger partial charge in [0.25, 0.3) is 5.56 Å². The van der Waals surface area contributed by atoms with Crippen LogP contribution in [0.3, 0.4) is 0 Å². The van der Waals surface area contributed by atoms with Crippen molar-refractivity contribution in [1.29, 1.82) is 0 Å². The van der Waals surface area contributed by atoms with Gasteiger partial charge in [-0.2, -0.15) is 0 Å². The molecule has 1 unspecified atom stereocenters. The molecule has 184 valence electrons. The maximum absolute atomic E-state index is 13.1. The van der Waals surface area contributed by atoms with Crippen LogP contribution in [-0.2, 0) is 13.1 Å². The second-order valence-electron chi connectivity index (χ2n) is 9.26. The Labute approximate surface area is 208 Å². The van der Waals surface area contributed by atoms with Crippen LogP contribution in [0.5, 0.6) is 5.75 Å².